The van der Waals surface area contributed by atoms with Gasteiger partial charge in [0.1, 0.15) is 0 Å². The van der Waals surface area contributed by atoms with Crippen molar-refractivity contribution in [1.82, 2.24) is 20.0 Å². The molecule has 1 aliphatic rings. The molecule has 1 saturated heterocycles. The van der Waals surface area contributed by atoms with Gasteiger partial charge in [-0.2, -0.15) is 5.10 Å². The van der Waals surface area contributed by atoms with Crippen LogP contribution in [0.5, 0.6) is 5.75 Å². The maximum absolute atomic E-state index is 13.0. The Morgan fingerprint density at radius 1 is 1.32 bits per heavy atom. The van der Waals surface area contributed by atoms with Crippen LogP contribution in [0.2, 0.25) is 0 Å². The highest BCUT2D eigenvalue weighted by atomic mass is 35.5. The Bertz CT molecular complexity index is 684. The fraction of sp³-hybridized carbons (Fsp3) is 0.444. The van der Waals surface area contributed by atoms with Crippen LogP contribution in [0, 0.1) is 0 Å². The lowest BCUT2D eigenvalue weighted by molar-refractivity contribution is 0.0633. The number of hydrogen-bond acceptors (Lipinski definition) is 4. The Morgan fingerprint density at radius 3 is 2.64 bits per heavy atom. The van der Waals surface area contributed by atoms with Crippen molar-refractivity contribution in [2.75, 3.05) is 19.6 Å². The minimum Gasteiger partial charge on any atom is -0.504 e. The summed E-state index contributed by atoms with van der Waals surface area (Å²) in [6.45, 7) is 4.58. The van der Waals surface area contributed by atoms with Crippen LogP contribution in [-0.4, -0.2) is 51.4 Å². The van der Waals surface area contributed by atoms with Crippen molar-refractivity contribution in [2.24, 2.45) is 0 Å². The summed E-state index contributed by atoms with van der Waals surface area (Å²) in [5, 5.41) is 17.9. The van der Waals surface area contributed by atoms with E-state index in [9.17, 15) is 9.90 Å². The Morgan fingerprint density at radius 2 is 2.00 bits per heavy atom. The number of nitrogens with one attached hydrogen (secondary N) is 1. The average molecular weight is 365 g/mol. The molecule has 0 spiro atoms. The standard InChI is InChI=1S/C18H24N4O2.ClH/c1-2-12-21(14-8-10-19-11-9-14)18(24)17-16(23)13-22(20-17)15-6-4-3-5-7-15;/h3-7,13-14,19,23H,2,8-12H2,1H3;1H. The van der Waals surface area contributed by atoms with Gasteiger partial charge < -0.3 is 15.3 Å². The van der Waals surface area contributed by atoms with E-state index in [1.54, 1.807) is 4.68 Å². The number of aromatic hydroxyl groups is 1. The van der Waals surface area contributed by atoms with Crippen molar-refractivity contribution in [3.8, 4) is 11.4 Å². The van der Waals surface area contributed by atoms with Crippen molar-refractivity contribution in [3.63, 3.8) is 0 Å². The van der Waals surface area contributed by atoms with Crippen molar-refractivity contribution in [3.05, 3.63) is 42.2 Å². The van der Waals surface area contributed by atoms with Crippen molar-refractivity contribution in [2.45, 2.75) is 32.2 Å². The Kier molecular flexibility index (Phi) is 6.84. The van der Waals surface area contributed by atoms with E-state index in [-0.39, 0.29) is 35.8 Å². The van der Waals surface area contributed by atoms with Gasteiger partial charge in [0, 0.05) is 12.6 Å². The lowest BCUT2D eigenvalue weighted by Crippen LogP contribution is -2.46. The van der Waals surface area contributed by atoms with Crippen molar-refractivity contribution >= 4 is 18.3 Å². The number of para-hydroxylation sites is 1. The van der Waals surface area contributed by atoms with Gasteiger partial charge in [0.15, 0.2) is 11.4 Å². The second-order valence-electron chi connectivity index (χ2n) is 6.12. The molecule has 1 aliphatic heterocycles. The highest BCUT2D eigenvalue weighted by Crippen LogP contribution is 2.22. The largest absolute Gasteiger partial charge is 0.504 e. The minimum absolute atomic E-state index is 0. The summed E-state index contributed by atoms with van der Waals surface area (Å²) in [5.74, 6) is -0.255. The van der Waals surface area contributed by atoms with Crippen LogP contribution in [-0.2, 0) is 0 Å². The summed E-state index contributed by atoms with van der Waals surface area (Å²) >= 11 is 0. The van der Waals surface area contributed by atoms with Crippen LogP contribution >= 0.6 is 12.4 Å². The zero-order valence-corrected chi connectivity index (χ0v) is 15.2. The van der Waals surface area contributed by atoms with Crippen LogP contribution in [0.15, 0.2) is 36.5 Å². The molecule has 0 saturated carbocycles. The molecular formula is C18H25ClN4O2. The molecule has 0 aliphatic carbocycles. The topological polar surface area (TPSA) is 70.4 Å². The van der Waals surface area contributed by atoms with E-state index < -0.39 is 0 Å². The molecule has 0 bridgehead atoms. The number of halogens is 1. The number of rotatable bonds is 5. The summed E-state index contributed by atoms with van der Waals surface area (Å²) in [4.78, 5) is 14.8. The first-order valence-electron chi connectivity index (χ1n) is 8.56. The first-order chi connectivity index (χ1) is 11.7. The first kappa shape index (κ1) is 19.3. The van der Waals surface area contributed by atoms with Crippen LogP contribution in [0.25, 0.3) is 5.69 Å². The van der Waals surface area contributed by atoms with Gasteiger partial charge in [-0.05, 0) is 44.5 Å². The lowest BCUT2D eigenvalue weighted by atomic mass is 10.0. The van der Waals surface area contributed by atoms with E-state index in [1.807, 2.05) is 35.2 Å². The maximum Gasteiger partial charge on any atom is 0.278 e. The molecule has 0 radical (unpaired) electrons. The summed E-state index contributed by atoms with van der Waals surface area (Å²) in [6, 6.07) is 9.69. The average Bonchev–Trinajstić information content (AvgIpc) is 3.02. The molecule has 2 aromatic rings. The molecule has 1 amide bonds. The highest BCUT2D eigenvalue weighted by molar-refractivity contribution is 5.95. The van der Waals surface area contributed by atoms with Gasteiger partial charge in [-0.3, -0.25) is 4.79 Å². The molecule has 1 fully saturated rings. The molecule has 1 aromatic heterocycles. The molecule has 6 nitrogen and oxygen atoms in total. The van der Waals surface area contributed by atoms with Gasteiger partial charge in [0.25, 0.3) is 5.91 Å². The number of amides is 1. The predicted octanol–water partition coefficient (Wildman–Crippen LogP) is 2.60. The van der Waals surface area contributed by atoms with Crippen LogP contribution in [0.1, 0.15) is 36.7 Å². The van der Waals surface area contributed by atoms with Crippen molar-refractivity contribution in [1.29, 1.82) is 0 Å². The van der Waals surface area contributed by atoms with E-state index in [1.165, 1.54) is 6.20 Å². The third kappa shape index (κ3) is 4.32. The predicted molar refractivity (Wildman–Crippen MR) is 99.7 cm³/mol. The molecular weight excluding hydrogens is 340 g/mol. The molecule has 2 N–H and O–H groups in total. The van der Waals surface area contributed by atoms with Crippen molar-refractivity contribution < 1.29 is 9.90 Å². The van der Waals surface area contributed by atoms with E-state index >= 15 is 0 Å². The number of piperidine rings is 1. The van der Waals surface area contributed by atoms with Crippen LogP contribution in [0.4, 0.5) is 0 Å². The van der Waals surface area contributed by atoms with E-state index in [0.29, 0.717) is 6.54 Å². The van der Waals surface area contributed by atoms with Gasteiger partial charge in [-0.15, -0.1) is 12.4 Å². The van der Waals surface area contributed by atoms with Crippen LogP contribution < -0.4 is 5.32 Å². The highest BCUT2D eigenvalue weighted by Gasteiger charge is 2.29. The zero-order valence-electron chi connectivity index (χ0n) is 14.4. The number of carbonyl (C=O) groups is 1. The molecule has 25 heavy (non-hydrogen) atoms. The number of nitrogens with zero attached hydrogens (tertiary/aromatic N) is 3. The zero-order chi connectivity index (χ0) is 16.9. The third-order valence-corrected chi connectivity index (χ3v) is 4.39. The Hall–Kier alpha value is -2.05. The minimum atomic E-state index is -0.184. The van der Waals surface area contributed by atoms with E-state index in [2.05, 4.69) is 17.3 Å². The van der Waals surface area contributed by atoms with Gasteiger partial charge in [-0.1, -0.05) is 25.1 Å². The van der Waals surface area contributed by atoms with Gasteiger partial charge >= 0.3 is 0 Å². The second-order valence-corrected chi connectivity index (χ2v) is 6.12. The van der Waals surface area contributed by atoms with Gasteiger partial charge in [0.2, 0.25) is 0 Å². The monoisotopic (exact) mass is 364 g/mol. The maximum atomic E-state index is 13.0. The van der Waals surface area contributed by atoms with E-state index in [4.69, 9.17) is 0 Å². The molecule has 136 valence electrons. The summed E-state index contributed by atoms with van der Waals surface area (Å²) in [6.07, 6.45) is 4.25. The molecule has 1 aromatic carbocycles. The first-order valence-corrected chi connectivity index (χ1v) is 8.56. The lowest BCUT2D eigenvalue weighted by Gasteiger charge is -2.34. The summed E-state index contributed by atoms with van der Waals surface area (Å²) < 4.78 is 1.55. The van der Waals surface area contributed by atoms with Crippen LogP contribution in [0.3, 0.4) is 0 Å². The Balaban J connectivity index is 0.00000225. The normalized spacial score (nSPS) is 14.8. The number of carbonyl (C=O) groups excluding carboxylic acids is 1. The summed E-state index contributed by atoms with van der Waals surface area (Å²) in [7, 11) is 0. The van der Waals surface area contributed by atoms with Gasteiger partial charge in [0.05, 0.1) is 11.9 Å². The molecule has 7 heteroatoms. The smallest absolute Gasteiger partial charge is 0.278 e. The number of hydrogen-bond donors (Lipinski definition) is 2. The summed E-state index contributed by atoms with van der Waals surface area (Å²) in [5.41, 5.74) is 0.946. The SMILES string of the molecule is CCCN(C(=O)c1nn(-c2ccccc2)cc1O)C1CCNCC1.Cl. The molecule has 3 rings (SSSR count). The molecule has 0 atom stereocenters. The number of benzene rings is 1. The van der Waals surface area contributed by atoms with E-state index in [0.717, 1.165) is 38.0 Å². The third-order valence-electron chi connectivity index (χ3n) is 4.39. The second kappa shape index (κ2) is 8.87. The molecule has 2 heterocycles. The number of aromatic nitrogens is 2. The van der Waals surface area contributed by atoms with Gasteiger partial charge in [-0.25, -0.2) is 4.68 Å². The quantitative estimate of drug-likeness (QED) is 0.855. The Labute approximate surface area is 154 Å². The fourth-order valence-corrected chi connectivity index (χ4v) is 3.18. The fourth-order valence-electron chi connectivity index (χ4n) is 3.18. The molecule has 0 unspecified atom stereocenters.